The monoisotopic (exact) mass is 262 g/mol. The number of hydrogen-bond donors (Lipinski definition) is 1. The van der Waals surface area contributed by atoms with Gasteiger partial charge in [0.25, 0.3) is 0 Å². The zero-order valence-corrected chi connectivity index (χ0v) is 11.5. The van der Waals surface area contributed by atoms with Crippen molar-refractivity contribution >= 4 is 21.2 Å². The Labute approximate surface area is 101 Å². The van der Waals surface area contributed by atoms with E-state index in [0.29, 0.717) is 12.8 Å². The van der Waals surface area contributed by atoms with Gasteiger partial charge in [-0.3, -0.25) is 0 Å². The minimum atomic E-state index is -2.93. The summed E-state index contributed by atoms with van der Waals surface area (Å²) in [5.74, 6) is 0.133. The molecule has 0 aliphatic carbocycles. The number of sulfone groups is 1. The zero-order valence-electron chi connectivity index (χ0n) is 9.86. The Morgan fingerprint density at radius 2 is 2.12 bits per heavy atom. The highest BCUT2D eigenvalue weighted by Gasteiger charge is 2.26. The van der Waals surface area contributed by atoms with E-state index in [9.17, 15) is 13.5 Å². The predicted molar refractivity (Wildman–Crippen MR) is 67.6 cm³/mol. The van der Waals surface area contributed by atoms with Crippen LogP contribution in [-0.4, -0.2) is 25.5 Å². The van der Waals surface area contributed by atoms with Crippen LogP contribution in [0, 0.1) is 6.92 Å². The molecule has 0 radical (unpaired) electrons. The standard InChI is InChI=1S/C11H18O3S2/c1-9-5-7-15-10(9)11(2,12)6-4-8-16(3,13)14/h5,7,12H,4,6,8H2,1-3H3. The molecule has 5 heteroatoms. The van der Waals surface area contributed by atoms with E-state index in [1.165, 1.54) is 17.6 Å². The fourth-order valence-corrected chi connectivity index (χ4v) is 3.40. The first-order valence-corrected chi connectivity index (χ1v) is 8.11. The molecule has 16 heavy (non-hydrogen) atoms. The van der Waals surface area contributed by atoms with Crippen LogP contribution in [0.2, 0.25) is 0 Å². The summed E-state index contributed by atoms with van der Waals surface area (Å²) in [7, 11) is -2.93. The summed E-state index contributed by atoms with van der Waals surface area (Å²) in [5, 5.41) is 12.2. The first kappa shape index (κ1) is 13.7. The van der Waals surface area contributed by atoms with E-state index in [4.69, 9.17) is 0 Å². The lowest BCUT2D eigenvalue weighted by molar-refractivity contribution is 0.0504. The molecule has 0 fully saturated rings. The van der Waals surface area contributed by atoms with E-state index >= 15 is 0 Å². The fraction of sp³-hybridized carbons (Fsp3) is 0.636. The van der Waals surface area contributed by atoms with Crippen LogP contribution < -0.4 is 0 Å². The van der Waals surface area contributed by atoms with Crippen LogP contribution in [0.1, 0.15) is 30.2 Å². The Balaban J connectivity index is 2.63. The van der Waals surface area contributed by atoms with Gasteiger partial charge < -0.3 is 5.11 Å². The van der Waals surface area contributed by atoms with Crippen molar-refractivity contribution in [3.05, 3.63) is 21.9 Å². The van der Waals surface area contributed by atoms with E-state index in [0.717, 1.165) is 10.4 Å². The average Bonchev–Trinajstić information content (AvgIpc) is 2.48. The first-order valence-electron chi connectivity index (χ1n) is 5.17. The van der Waals surface area contributed by atoms with E-state index in [2.05, 4.69) is 0 Å². The van der Waals surface area contributed by atoms with Crippen LogP contribution in [0.5, 0.6) is 0 Å². The Morgan fingerprint density at radius 3 is 2.56 bits per heavy atom. The summed E-state index contributed by atoms with van der Waals surface area (Å²) in [5.41, 5.74) is 0.150. The average molecular weight is 262 g/mol. The summed E-state index contributed by atoms with van der Waals surface area (Å²) < 4.78 is 22.0. The third kappa shape index (κ3) is 3.88. The highest BCUT2D eigenvalue weighted by Crippen LogP contribution is 2.32. The third-order valence-corrected chi connectivity index (χ3v) is 4.83. The number of rotatable bonds is 5. The van der Waals surface area contributed by atoms with Crippen LogP contribution in [0.4, 0.5) is 0 Å². The van der Waals surface area contributed by atoms with Gasteiger partial charge in [0, 0.05) is 16.9 Å². The maximum absolute atomic E-state index is 11.0. The van der Waals surface area contributed by atoms with Gasteiger partial charge in [0.05, 0.1) is 5.60 Å². The van der Waals surface area contributed by atoms with Gasteiger partial charge in [0.2, 0.25) is 0 Å². The largest absolute Gasteiger partial charge is 0.385 e. The maximum atomic E-state index is 11.0. The molecule has 3 nitrogen and oxygen atoms in total. The molecule has 1 aromatic heterocycles. The van der Waals surface area contributed by atoms with Crippen LogP contribution in [0.25, 0.3) is 0 Å². The van der Waals surface area contributed by atoms with Crippen molar-refractivity contribution in [2.45, 2.75) is 32.3 Å². The minimum absolute atomic E-state index is 0.133. The molecule has 0 aliphatic rings. The molecular weight excluding hydrogens is 244 g/mol. The van der Waals surface area contributed by atoms with E-state index < -0.39 is 15.4 Å². The van der Waals surface area contributed by atoms with Gasteiger partial charge in [-0.2, -0.15) is 0 Å². The lowest BCUT2D eigenvalue weighted by Crippen LogP contribution is -2.21. The number of aryl methyl sites for hydroxylation is 1. The molecule has 0 spiro atoms. The molecule has 0 saturated carbocycles. The second-order valence-electron chi connectivity index (χ2n) is 4.44. The molecule has 92 valence electrons. The molecule has 0 aromatic carbocycles. The molecular formula is C11H18O3S2. The minimum Gasteiger partial charge on any atom is -0.385 e. The molecule has 0 bridgehead atoms. The number of hydrogen-bond acceptors (Lipinski definition) is 4. The third-order valence-electron chi connectivity index (χ3n) is 2.53. The molecule has 1 atom stereocenters. The molecule has 0 saturated heterocycles. The summed E-state index contributed by atoms with van der Waals surface area (Å²) in [4.78, 5) is 0.931. The molecule has 0 aliphatic heterocycles. The van der Waals surface area contributed by atoms with Gasteiger partial charge in [-0.15, -0.1) is 11.3 Å². The van der Waals surface area contributed by atoms with Crippen LogP contribution in [-0.2, 0) is 15.4 Å². The molecule has 1 heterocycles. The second-order valence-corrected chi connectivity index (χ2v) is 7.62. The van der Waals surface area contributed by atoms with Crippen LogP contribution in [0.15, 0.2) is 11.4 Å². The highest BCUT2D eigenvalue weighted by atomic mass is 32.2. The van der Waals surface area contributed by atoms with E-state index in [-0.39, 0.29) is 5.75 Å². The van der Waals surface area contributed by atoms with Crippen molar-refractivity contribution in [2.75, 3.05) is 12.0 Å². The molecule has 1 unspecified atom stereocenters. The Kier molecular flexibility index (Phi) is 4.15. The van der Waals surface area contributed by atoms with Gasteiger partial charge in [0.15, 0.2) is 0 Å². The van der Waals surface area contributed by atoms with Crippen molar-refractivity contribution in [3.63, 3.8) is 0 Å². The molecule has 1 rings (SSSR count). The smallest absolute Gasteiger partial charge is 0.147 e. The summed E-state index contributed by atoms with van der Waals surface area (Å²) in [6.45, 7) is 3.70. The van der Waals surface area contributed by atoms with E-state index in [1.54, 1.807) is 6.92 Å². The summed E-state index contributed by atoms with van der Waals surface area (Å²) in [6, 6.07) is 1.96. The van der Waals surface area contributed by atoms with Crippen LogP contribution in [0.3, 0.4) is 0 Å². The Morgan fingerprint density at radius 1 is 1.50 bits per heavy atom. The van der Waals surface area contributed by atoms with Gasteiger partial charge in [-0.1, -0.05) is 0 Å². The normalized spacial score (nSPS) is 16.0. The van der Waals surface area contributed by atoms with Crippen molar-refractivity contribution in [2.24, 2.45) is 0 Å². The van der Waals surface area contributed by atoms with Gasteiger partial charge in [-0.25, -0.2) is 8.42 Å². The maximum Gasteiger partial charge on any atom is 0.147 e. The van der Waals surface area contributed by atoms with Gasteiger partial charge in [0.1, 0.15) is 9.84 Å². The van der Waals surface area contributed by atoms with Crippen molar-refractivity contribution in [1.82, 2.24) is 0 Å². The van der Waals surface area contributed by atoms with Gasteiger partial charge >= 0.3 is 0 Å². The fourth-order valence-electron chi connectivity index (χ4n) is 1.72. The van der Waals surface area contributed by atoms with Gasteiger partial charge in [-0.05, 0) is 43.7 Å². The SMILES string of the molecule is Cc1ccsc1C(C)(O)CCCS(C)(=O)=O. The Hall–Kier alpha value is -0.390. The number of thiophene rings is 1. The highest BCUT2D eigenvalue weighted by molar-refractivity contribution is 7.90. The molecule has 1 N–H and O–H groups in total. The number of aliphatic hydroxyl groups is 1. The zero-order chi connectivity index (χ0) is 12.4. The van der Waals surface area contributed by atoms with Crippen molar-refractivity contribution in [1.29, 1.82) is 0 Å². The topological polar surface area (TPSA) is 54.4 Å². The quantitative estimate of drug-likeness (QED) is 0.884. The second kappa shape index (κ2) is 4.85. The molecule has 0 amide bonds. The first-order chi connectivity index (χ1) is 7.22. The van der Waals surface area contributed by atoms with Crippen molar-refractivity contribution in [3.8, 4) is 0 Å². The lowest BCUT2D eigenvalue weighted by atomic mass is 9.96. The Bertz CT molecular complexity index is 444. The van der Waals surface area contributed by atoms with Crippen molar-refractivity contribution < 1.29 is 13.5 Å². The van der Waals surface area contributed by atoms with E-state index in [1.807, 2.05) is 18.4 Å². The predicted octanol–water partition coefficient (Wildman–Crippen LogP) is 2.09. The summed E-state index contributed by atoms with van der Waals surface area (Å²) in [6.07, 6.45) is 2.18. The van der Waals surface area contributed by atoms with Crippen LogP contribution >= 0.6 is 11.3 Å². The summed E-state index contributed by atoms with van der Waals surface area (Å²) >= 11 is 1.51. The lowest BCUT2D eigenvalue weighted by Gasteiger charge is -2.22. The molecule has 1 aromatic rings.